The molecule has 0 saturated heterocycles. The Hall–Kier alpha value is -1.94. The Labute approximate surface area is 101 Å². The van der Waals surface area contributed by atoms with Crippen molar-refractivity contribution in [3.05, 3.63) is 47.5 Å². The van der Waals surface area contributed by atoms with E-state index in [0.29, 0.717) is 11.4 Å². The third kappa shape index (κ3) is 1.76. The highest BCUT2D eigenvalue weighted by Crippen LogP contribution is 2.23. The van der Waals surface area contributed by atoms with Crippen LogP contribution in [0.4, 0.5) is 4.39 Å². The second-order valence-corrected chi connectivity index (χ2v) is 4.01. The summed E-state index contributed by atoms with van der Waals surface area (Å²) in [6, 6.07) is 6.38. The zero-order chi connectivity index (χ0) is 11.8. The Morgan fingerprint density at radius 2 is 2.12 bits per heavy atom. The normalized spacial score (nSPS) is 10.9. The average Bonchev–Trinajstić information content (AvgIpc) is 2.76. The van der Waals surface area contributed by atoms with Crippen LogP contribution in [-0.2, 0) is 0 Å². The number of aromatic nitrogens is 3. The highest BCUT2D eigenvalue weighted by Gasteiger charge is 2.07. The molecule has 3 nitrogen and oxygen atoms in total. The van der Waals surface area contributed by atoms with Crippen molar-refractivity contribution in [2.75, 3.05) is 0 Å². The van der Waals surface area contributed by atoms with Gasteiger partial charge in [-0.05, 0) is 24.3 Å². The third-order valence-corrected chi connectivity index (χ3v) is 2.78. The molecule has 84 valence electrons. The summed E-state index contributed by atoms with van der Waals surface area (Å²) in [5.74, 6) is 0.145. The largest absolute Gasteiger partial charge is 0.337 e. The number of H-pyrrole nitrogens is 1. The maximum absolute atomic E-state index is 13.3. The molecule has 3 aromatic rings. The van der Waals surface area contributed by atoms with Crippen molar-refractivity contribution in [1.29, 1.82) is 0 Å². The topological polar surface area (TPSA) is 41.6 Å². The highest BCUT2D eigenvalue weighted by molar-refractivity contribution is 6.30. The highest BCUT2D eigenvalue weighted by atomic mass is 35.5. The van der Waals surface area contributed by atoms with Crippen LogP contribution in [0, 0.1) is 5.82 Å². The van der Waals surface area contributed by atoms with Gasteiger partial charge in [0.05, 0.1) is 22.3 Å². The fraction of sp³-hybridized carbons (Fsp3) is 0. The average molecular weight is 248 g/mol. The van der Waals surface area contributed by atoms with Gasteiger partial charge in [-0.1, -0.05) is 11.6 Å². The van der Waals surface area contributed by atoms with Crippen molar-refractivity contribution >= 4 is 22.6 Å². The Bertz CT molecular complexity index is 660. The molecule has 1 N–H and O–H groups in total. The number of nitrogens with zero attached hydrogens (tertiary/aromatic N) is 2. The van der Waals surface area contributed by atoms with Gasteiger partial charge in [0.15, 0.2) is 0 Å². The smallest absolute Gasteiger partial charge is 0.142 e. The van der Waals surface area contributed by atoms with E-state index >= 15 is 0 Å². The number of nitrogens with one attached hydrogen (secondary N) is 1. The molecule has 2 heterocycles. The van der Waals surface area contributed by atoms with E-state index in [0.717, 1.165) is 11.0 Å². The van der Waals surface area contributed by atoms with Crippen LogP contribution in [0.15, 0.2) is 36.7 Å². The van der Waals surface area contributed by atoms with Gasteiger partial charge in [0, 0.05) is 11.8 Å². The fourth-order valence-electron chi connectivity index (χ4n) is 1.64. The maximum atomic E-state index is 13.3. The molecule has 17 heavy (non-hydrogen) atoms. The van der Waals surface area contributed by atoms with E-state index in [4.69, 9.17) is 11.6 Å². The molecule has 0 saturated carbocycles. The van der Waals surface area contributed by atoms with Gasteiger partial charge >= 0.3 is 0 Å². The molecule has 5 heteroatoms. The number of halogens is 2. The van der Waals surface area contributed by atoms with Gasteiger partial charge < -0.3 is 4.98 Å². The molecule has 3 rings (SSSR count). The first-order valence-electron chi connectivity index (χ1n) is 4.99. The molecule has 0 unspecified atom stereocenters. The van der Waals surface area contributed by atoms with Crippen LogP contribution >= 0.6 is 11.6 Å². The maximum Gasteiger partial charge on any atom is 0.142 e. The quantitative estimate of drug-likeness (QED) is 0.716. The summed E-state index contributed by atoms with van der Waals surface area (Å²) >= 11 is 5.63. The van der Waals surface area contributed by atoms with E-state index in [1.807, 2.05) is 0 Å². The van der Waals surface area contributed by atoms with Crippen LogP contribution < -0.4 is 0 Å². The van der Waals surface area contributed by atoms with Gasteiger partial charge in [0.25, 0.3) is 0 Å². The molecule has 0 aliphatic heterocycles. The summed E-state index contributed by atoms with van der Waals surface area (Å²) < 4.78 is 13.3. The Morgan fingerprint density at radius 1 is 1.24 bits per heavy atom. The van der Waals surface area contributed by atoms with Crippen molar-refractivity contribution in [3.63, 3.8) is 0 Å². The van der Waals surface area contributed by atoms with Crippen LogP contribution in [0.3, 0.4) is 0 Å². The molecule has 0 aliphatic carbocycles. The molecule has 0 aliphatic rings. The molecule has 0 fully saturated rings. The summed E-state index contributed by atoms with van der Waals surface area (Å²) in [6.07, 6.45) is 3.34. The van der Waals surface area contributed by atoms with Gasteiger partial charge in [-0.2, -0.15) is 0 Å². The number of aromatic amines is 1. The fourth-order valence-corrected chi connectivity index (χ4v) is 1.75. The zero-order valence-corrected chi connectivity index (χ0v) is 9.37. The van der Waals surface area contributed by atoms with Gasteiger partial charge in [-0.15, -0.1) is 0 Å². The standard InChI is InChI=1S/C12H7ClFN3/c13-8-2-1-7(5-9(8)14)12-16-10-3-4-15-6-11(10)17-12/h1-6H,(H,16,17). The second-order valence-electron chi connectivity index (χ2n) is 3.61. The van der Waals surface area contributed by atoms with Crippen LogP contribution in [0.2, 0.25) is 5.02 Å². The number of pyridine rings is 1. The van der Waals surface area contributed by atoms with Crippen LogP contribution in [0.25, 0.3) is 22.4 Å². The van der Waals surface area contributed by atoms with Crippen molar-refractivity contribution in [1.82, 2.24) is 15.0 Å². The first kappa shape index (κ1) is 10.2. The van der Waals surface area contributed by atoms with E-state index in [2.05, 4.69) is 15.0 Å². The van der Waals surface area contributed by atoms with E-state index < -0.39 is 5.82 Å². The van der Waals surface area contributed by atoms with E-state index in [1.54, 1.807) is 24.5 Å². The Morgan fingerprint density at radius 3 is 2.88 bits per heavy atom. The zero-order valence-electron chi connectivity index (χ0n) is 8.61. The Balaban J connectivity index is 2.17. The van der Waals surface area contributed by atoms with Crippen molar-refractivity contribution in [2.24, 2.45) is 0 Å². The lowest BCUT2D eigenvalue weighted by Gasteiger charge is -1.98. The van der Waals surface area contributed by atoms with Gasteiger partial charge in [-0.3, -0.25) is 4.98 Å². The molecule has 0 radical (unpaired) electrons. The number of hydrogen-bond donors (Lipinski definition) is 1. The minimum atomic E-state index is -0.456. The monoisotopic (exact) mass is 247 g/mol. The predicted molar refractivity (Wildman–Crippen MR) is 64.3 cm³/mol. The second kappa shape index (κ2) is 3.82. The molecule has 0 bridgehead atoms. The minimum Gasteiger partial charge on any atom is -0.337 e. The molecular weight excluding hydrogens is 241 g/mol. The van der Waals surface area contributed by atoms with Crippen molar-refractivity contribution in [2.45, 2.75) is 0 Å². The molecule has 0 atom stereocenters. The first-order chi connectivity index (χ1) is 8.24. The van der Waals surface area contributed by atoms with Crippen LogP contribution in [0.5, 0.6) is 0 Å². The number of fused-ring (bicyclic) bond motifs is 1. The number of hydrogen-bond acceptors (Lipinski definition) is 2. The minimum absolute atomic E-state index is 0.103. The summed E-state index contributed by atoms with van der Waals surface area (Å²) in [5.41, 5.74) is 2.27. The number of benzene rings is 1. The predicted octanol–water partition coefficient (Wildman–Crippen LogP) is 3.42. The van der Waals surface area contributed by atoms with Gasteiger partial charge in [0.2, 0.25) is 0 Å². The van der Waals surface area contributed by atoms with Crippen LogP contribution in [-0.4, -0.2) is 15.0 Å². The summed E-state index contributed by atoms with van der Waals surface area (Å²) in [6.45, 7) is 0. The molecule has 1 aromatic carbocycles. The van der Waals surface area contributed by atoms with Crippen molar-refractivity contribution in [3.8, 4) is 11.4 Å². The lowest BCUT2D eigenvalue weighted by molar-refractivity contribution is 0.628. The SMILES string of the molecule is Fc1cc(-c2nc3ccncc3[nH]2)ccc1Cl. The molecular formula is C12H7ClFN3. The van der Waals surface area contributed by atoms with Gasteiger partial charge in [-0.25, -0.2) is 9.37 Å². The van der Waals surface area contributed by atoms with Crippen molar-refractivity contribution < 1.29 is 4.39 Å². The number of rotatable bonds is 1. The van der Waals surface area contributed by atoms with Gasteiger partial charge in [0.1, 0.15) is 11.6 Å². The van der Waals surface area contributed by atoms with E-state index in [1.165, 1.54) is 12.1 Å². The molecule has 2 aromatic heterocycles. The van der Waals surface area contributed by atoms with E-state index in [9.17, 15) is 4.39 Å². The molecule has 0 spiro atoms. The first-order valence-corrected chi connectivity index (χ1v) is 5.37. The summed E-state index contributed by atoms with van der Waals surface area (Å²) in [4.78, 5) is 11.4. The third-order valence-electron chi connectivity index (χ3n) is 2.48. The lowest BCUT2D eigenvalue weighted by atomic mass is 10.2. The lowest BCUT2D eigenvalue weighted by Crippen LogP contribution is -1.83. The van der Waals surface area contributed by atoms with Crippen LogP contribution in [0.1, 0.15) is 0 Å². The number of imidazole rings is 1. The van der Waals surface area contributed by atoms with E-state index in [-0.39, 0.29) is 5.02 Å². The molecule has 0 amide bonds. The summed E-state index contributed by atoms with van der Waals surface area (Å²) in [5, 5.41) is 0.103. The Kier molecular flexibility index (Phi) is 2.30. The summed E-state index contributed by atoms with van der Waals surface area (Å²) in [7, 11) is 0.